The second-order valence-corrected chi connectivity index (χ2v) is 6.46. The fourth-order valence-electron chi connectivity index (χ4n) is 3.12. The zero-order valence-corrected chi connectivity index (χ0v) is 13.3. The molecule has 1 aliphatic rings. The van der Waals surface area contributed by atoms with E-state index in [1.54, 1.807) is 6.20 Å². The molecule has 1 aliphatic heterocycles. The van der Waals surface area contributed by atoms with Gasteiger partial charge in [-0.1, -0.05) is 25.8 Å². The third-order valence-corrected chi connectivity index (χ3v) is 5.17. The van der Waals surface area contributed by atoms with E-state index >= 15 is 0 Å². The Hall–Kier alpha value is -1.62. The van der Waals surface area contributed by atoms with Crippen LogP contribution in [0.5, 0.6) is 0 Å². The van der Waals surface area contributed by atoms with Crippen LogP contribution >= 0.6 is 11.5 Å². The Morgan fingerprint density at radius 2 is 2.19 bits per heavy atom. The molecule has 3 heterocycles. The van der Waals surface area contributed by atoms with Gasteiger partial charge in [-0.25, -0.2) is 0 Å². The lowest BCUT2D eigenvalue weighted by Crippen LogP contribution is -2.33. The molecule has 0 atom stereocenters. The summed E-state index contributed by atoms with van der Waals surface area (Å²) in [6.45, 7) is 4.50. The molecule has 3 rings (SSSR count). The van der Waals surface area contributed by atoms with Crippen molar-refractivity contribution >= 4 is 22.4 Å². The van der Waals surface area contributed by atoms with Gasteiger partial charge in [-0.15, -0.1) is 0 Å². The first-order chi connectivity index (χ1) is 10.3. The van der Waals surface area contributed by atoms with Crippen LogP contribution in [0, 0.1) is 5.92 Å². The minimum atomic E-state index is 0.624. The summed E-state index contributed by atoms with van der Waals surface area (Å²) in [5.41, 5.74) is 8.22. The van der Waals surface area contributed by atoms with E-state index in [2.05, 4.69) is 27.2 Å². The molecule has 0 amide bonds. The predicted molar refractivity (Wildman–Crippen MR) is 89.6 cm³/mol. The van der Waals surface area contributed by atoms with Crippen LogP contribution in [-0.4, -0.2) is 22.4 Å². The number of pyridine rings is 1. The van der Waals surface area contributed by atoms with Crippen molar-refractivity contribution in [3.05, 3.63) is 24.5 Å². The molecule has 21 heavy (non-hydrogen) atoms. The standard InChI is InChI=1S/C16H22N4S/c1-2-4-12-6-9-20(10-7-12)16-14(15(17)19-21-16)13-5-3-8-18-11-13/h3,5,8,11-12H,2,4,6-7,9-10H2,1H3,(H2,17,19). The average molecular weight is 302 g/mol. The minimum absolute atomic E-state index is 0.624. The second-order valence-electron chi connectivity index (χ2n) is 5.71. The van der Waals surface area contributed by atoms with Gasteiger partial charge in [-0.05, 0) is 36.4 Å². The number of hydrogen-bond donors (Lipinski definition) is 1. The zero-order valence-electron chi connectivity index (χ0n) is 12.5. The van der Waals surface area contributed by atoms with Gasteiger partial charge in [0.05, 0.1) is 5.56 Å². The van der Waals surface area contributed by atoms with Gasteiger partial charge in [-0.2, -0.15) is 4.37 Å². The summed E-state index contributed by atoms with van der Waals surface area (Å²) in [6, 6.07) is 4.00. The van der Waals surface area contributed by atoms with Gasteiger partial charge < -0.3 is 10.6 Å². The number of nitrogens with zero attached hydrogens (tertiary/aromatic N) is 3. The first kappa shape index (κ1) is 14.3. The van der Waals surface area contributed by atoms with Crippen molar-refractivity contribution < 1.29 is 0 Å². The Morgan fingerprint density at radius 3 is 2.86 bits per heavy atom. The fourth-order valence-corrected chi connectivity index (χ4v) is 4.01. The Kier molecular flexibility index (Phi) is 4.39. The topological polar surface area (TPSA) is 55.0 Å². The van der Waals surface area contributed by atoms with Crippen molar-refractivity contribution in [1.29, 1.82) is 0 Å². The molecule has 0 radical (unpaired) electrons. The number of nitrogens with two attached hydrogens (primary N) is 1. The average Bonchev–Trinajstić information content (AvgIpc) is 2.91. The highest BCUT2D eigenvalue weighted by Gasteiger charge is 2.24. The number of rotatable bonds is 4. The van der Waals surface area contributed by atoms with Crippen LogP contribution in [0.15, 0.2) is 24.5 Å². The van der Waals surface area contributed by atoms with Crippen LogP contribution in [0.4, 0.5) is 10.8 Å². The summed E-state index contributed by atoms with van der Waals surface area (Å²) in [5.74, 6) is 1.51. The first-order valence-electron chi connectivity index (χ1n) is 7.70. The molecule has 0 spiro atoms. The first-order valence-corrected chi connectivity index (χ1v) is 8.47. The summed E-state index contributed by atoms with van der Waals surface area (Å²) in [6.07, 6.45) is 8.85. The SMILES string of the molecule is CCCC1CCN(c2snc(N)c2-c2cccnc2)CC1. The molecule has 0 bridgehead atoms. The molecule has 0 unspecified atom stereocenters. The van der Waals surface area contributed by atoms with E-state index in [1.807, 2.05) is 12.3 Å². The van der Waals surface area contributed by atoms with Crippen LogP contribution in [0.25, 0.3) is 11.1 Å². The third-order valence-electron chi connectivity index (χ3n) is 4.25. The maximum absolute atomic E-state index is 6.10. The number of aromatic nitrogens is 2. The molecule has 1 saturated heterocycles. The Morgan fingerprint density at radius 1 is 1.38 bits per heavy atom. The van der Waals surface area contributed by atoms with Crippen molar-refractivity contribution in [3.8, 4) is 11.1 Å². The largest absolute Gasteiger partial charge is 0.382 e. The lowest BCUT2D eigenvalue weighted by molar-refractivity contribution is 0.379. The van der Waals surface area contributed by atoms with Crippen LogP contribution in [0.3, 0.4) is 0 Å². The van der Waals surface area contributed by atoms with Gasteiger partial charge in [0.25, 0.3) is 0 Å². The van der Waals surface area contributed by atoms with Crippen molar-refractivity contribution in [1.82, 2.24) is 9.36 Å². The summed E-state index contributed by atoms with van der Waals surface area (Å²) in [5, 5.41) is 1.20. The summed E-state index contributed by atoms with van der Waals surface area (Å²) < 4.78 is 4.37. The molecule has 0 aliphatic carbocycles. The highest BCUT2D eigenvalue weighted by molar-refractivity contribution is 7.11. The van der Waals surface area contributed by atoms with Crippen molar-refractivity contribution in [3.63, 3.8) is 0 Å². The van der Waals surface area contributed by atoms with E-state index in [4.69, 9.17) is 5.73 Å². The van der Waals surface area contributed by atoms with Crippen LogP contribution in [0.2, 0.25) is 0 Å². The van der Waals surface area contributed by atoms with Gasteiger partial charge in [0, 0.05) is 31.0 Å². The van der Waals surface area contributed by atoms with E-state index in [-0.39, 0.29) is 0 Å². The number of piperidine rings is 1. The van der Waals surface area contributed by atoms with Crippen molar-refractivity contribution in [2.24, 2.45) is 5.92 Å². The maximum Gasteiger partial charge on any atom is 0.147 e. The number of nitrogen functional groups attached to an aromatic ring is 1. The van der Waals surface area contributed by atoms with Gasteiger partial charge >= 0.3 is 0 Å². The highest BCUT2D eigenvalue weighted by atomic mass is 32.1. The highest BCUT2D eigenvalue weighted by Crippen LogP contribution is 2.40. The fraction of sp³-hybridized carbons (Fsp3) is 0.500. The minimum Gasteiger partial charge on any atom is -0.382 e. The smallest absolute Gasteiger partial charge is 0.147 e. The van der Waals surface area contributed by atoms with E-state index in [1.165, 1.54) is 42.2 Å². The van der Waals surface area contributed by atoms with Crippen LogP contribution in [-0.2, 0) is 0 Å². The molecule has 0 aromatic carbocycles. The van der Waals surface area contributed by atoms with E-state index in [9.17, 15) is 0 Å². The van der Waals surface area contributed by atoms with Crippen LogP contribution < -0.4 is 10.6 Å². The lowest BCUT2D eigenvalue weighted by atomic mass is 9.92. The summed E-state index contributed by atoms with van der Waals surface area (Å²) in [4.78, 5) is 6.65. The summed E-state index contributed by atoms with van der Waals surface area (Å²) in [7, 11) is 0. The Bertz CT molecular complexity index is 573. The molecule has 5 heteroatoms. The molecule has 112 valence electrons. The maximum atomic E-state index is 6.10. The quantitative estimate of drug-likeness (QED) is 0.933. The van der Waals surface area contributed by atoms with Gasteiger partial charge in [-0.3, -0.25) is 4.98 Å². The molecule has 2 aromatic heterocycles. The molecule has 2 aromatic rings. The predicted octanol–water partition coefficient (Wildman–Crippen LogP) is 3.80. The number of anilines is 2. The van der Waals surface area contributed by atoms with Gasteiger partial charge in [0.2, 0.25) is 0 Å². The molecule has 0 saturated carbocycles. The second kappa shape index (κ2) is 6.43. The van der Waals surface area contributed by atoms with Crippen LogP contribution in [0.1, 0.15) is 32.6 Å². The molecule has 1 fully saturated rings. The normalized spacial score (nSPS) is 16.3. The lowest BCUT2D eigenvalue weighted by Gasteiger charge is -2.33. The van der Waals surface area contributed by atoms with Crippen molar-refractivity contribution in [2.45, 2.75) is 32.6 Å². The van der Waals surface area contributed by atoms with Gasteiger partial charge in [0.15, 0.2) is 0 Å². The molecular weight excluding hydrogens is 280 g/mol. The molecule has 4 nitrogen and oxygen atoms in total. The van der Waals surface area contributed by atoms with Crippen molar-refractivity contribution in [2.75, 3.05) is 23.7 Å². The van der Waals surface area contributed by atoms with E-state index in [0.717, 1.165) is 30.1 Å². The third kappa shape index (κ3) is 3.02. The molecular formula is C16H22N4S. The Labute approximate surface area is 130 Å². The zero-order chi connectivity index (χ0) is 14.7. The monoisotopic (exact) mass is 302 g/mol. The van der Waals surface area contributed by atoms with Gasteiger partial charge in [0.1, 0.15) is 10.8 Å². The number of hydrogen-bond acceptors (Lipinski definition) is 5. The molecule has 2 N–H and O–H groups in total. The summed E-state index contributed by atoms with van der Waals surface area (Å²) >= 11 is 1.52. The Balaban J connectivity index is 1.81. The van der Waals surface area contributed by atoms with E-state index < -0.39 is 0 Å². The van der Waals surface area contributed by atoms with E-state index in [0.29, 0.717) is 5.82 Å².